The third kappa shape index (κ3) is 5.13. The normalized spacial score (nSPS) is 12.1. The number of ether oxygens (including phenoxy) is 3. The quantitative estimate of drug-likeness (QED) is 0.474. The Kier molecular flexibility index (Phi) is 6.80. The van der Waals surface area contributed by atoms with Gasteiger partial charge in [0.25, 0.3) is 0 Å². The van der Waals surface area contributed by atoms with Gasteiger partial charge in [0, 0.05) is 37.0 Å². The minimum Gasteiger partial charge on any atom is -0.466 e. The standard InChI is InChI=1S/C23H25ClN4O4/c1-3-30-21(29)5-4-10-28(2)23-26-18-8-7-16(24)12-17(18)22(27-23)25-13-15-6-9-19-20(11-15)32-14-31-19/h6-9,11-12H,3-5,10,13-14H2,1-2H3,(H,25,26,27). The van der Waals surface area contributed by atoms with Crippen LogP contribution in [-0.2, 0) is 16.1 Å². The molecule has 0 saturated carbocycles. The van der Waals surface area contributed by atoms with E-state index in [-0.39, 0.29) is 12.8 Å². The summed E-state index contributed by atoms with van der Waals surface area (Å²) in [7, 11) is 1.91. The fraction of sp³-hybridized carbons (Fsp3) is 0.348. The van der Waals surface area contributed by atoms with Gasteiger partial charge in [-0.1, -0.05) is 17.7 Å². The Balaban J connectivity index is 1.52. The van der Waals surface area contributed by atoms with Gasteiger partial charge in [0.2, 0.25) is 12.7 Å². The molecule has 0 radical (unpaired) electrons. The highest BCUT2D eigenvalue weighted by atomic mass is 35.5. The Labute approximate surface area is 191 Å². The zero-order chi connectivity index (χ0) is 22.5. The van der Waals surface area contributed by atoms with Crippen molar-refractivity contribution in [2.45, 2.75) is 26.3 Å². The third-order valence-electron chi connectivity index (χ3n) is 5.06. The van der Waals surface area contributed by atoms with Crippen LogP contribution in [0.1, 0.15) is 25.3 Å². The number of halogens is 1. The van der Waals surface area contributed by atoms with Crippen LogP contribution in [0.3, 0.4) is 0 Å². The summed E-state index contributed by atoms with van der Waals surface area (Å²) in [5.41, 5.74) is 1.82. The second-order valence-corrected chi connectivity index (χ2v) is 7.84. The molecule has 0 atom stereocenters. The SMILES string of the molecule is CCOC(=O)CCCN(C)c1nc(NCc2ccc3c(c2)OCO3)c2cc(Cl)ccc2n1. The molecule has 0 unspecified atom stereocenters. The molecule has 1 aliphatic heterocycles. The molecule has 0 spiro atoms. The number of carbonyl (C=O) groups excluding carboxylic acids is 1. The second kappa shape index (κ2) is 9.91. The number of aromatic nitrogens is 2. The lowest BCUT2D eigenvalue weighted by molar-refractivity contribution is -0.143. The van der Waals surface area contributed by atoms with Crippen LogP contribution in [0.5, 0.6) is 11.5 Å². The maximum atomic E-state index is 11.6. The van der Waals surface area contributed by atoms with E-state index in [0.717, 1.165) is 28.0 Å². The van der Waals surface area contributed by atoms with E-state index in [1.165, 1.54) is 0 Å². The van der Waals surface area contributed by atoms with Gasteiger partial charge in [0.05, 0.1) is 12.1 Å². The van der Waals surface area contributed by atoms with Crippen molar-refractivity contribution < 1.29 is 19.0 Å². The third-order valence-corrected chi connectivity index (χ3v) is 5.30. The van der Waals surface area contributed by atoms with Crippen molar-refractivity contribution in [2.75, 3.05) is 37.2 Å². The smallest absolute Gasteiger partial charge is 0.305 e. The predicted molar refractivity (Wildman–Crippen MR) is 124 cm³/mol. The van der Waals surface area contributed by atoms with Crippen LogP contribution < -0.4 is 19.7 Å². The Morgan fingerprint density at radius 2 is 2.03 bits per heavy atom. The highest BCUT2D eigenvalue weighted by molar-refractivity contribution is 6.31. The lowest BCUT2D eigenvalue weighted by Gasteiger charge is -2.19. The number of carbonyl (C=O) groups is 1. The summed E-state index contributed by atoms with van der Waals surface area (Å²) in [6, 6.07) is 11.4. The number of fused-ring (bicyclic) bond motifs is 2. The first-order valence-electron chi connectivity index (χ1n) is 10.5. The Hall–Kier alpha value is -3.26. The van der Waals surface area contributed by atoms with E-state index in [9.17, 15) is 4.79 Å². The van der Waals surface area contributed by atoms with Gasteiger partial charge in [0.15, 0.2) is 11.5 Å². The molecule has 0 amide bonds. The van der Waals surface area contributed by atoms with E-state index in [1.807, 2.05) is 48.3 Å². The second-order valence-electron chi connectivity index (χ2n) is 7.40. The predicted octanol–water partition coefficient (Wildman–Crippen LogP) is 4.40. The Bertz CT molecular complexity index is 1120. The van der Waals surface area contributed by atoms with E-state index in [2.05, 4.69) is 10.3 Å². The molecular weight excluding hydrogens is 432 g/mol. The molecule has 1 aromatic heterocycles. The van der Waals surface area contributed by atoms with Crippen molar-refractivity contribution in [3.05, 3.63) is 47.0 Å². The van der Waals surface area contributed by atoms with Gasteiger partial charge in [-0.2, -0.15) is 4.98 Å². The summed E-state index contributed by atoms with van der Waals surface area (Å²) < 4.78 is 15.8. The first-order valence-corrected chi connectivity index (χ1v) is 10.9. The molecule has 0 saturated heterocycles. The number of rotatable bonds is 9. The lowest BCUT2D eigenvalue weighted by atomic mass is 10.2. The number of benzene rings is 2. The van der Waals surface area contributed by atoms with Crippen LogP contribution in [-0.4, -0.2) is 42.9 Å². The maximum Gasteiger partial charge on any atom is 0.305 e. The molecule has 0 fully saturated rings. The van der Waals surface area contributed by atoms with Crippen LogP contribution >= 0.6 is 11.6 Å². The molecule has 32 heavy (non-hydrogen) atoms. The summed E-state index contributed by atoms with van der Waals surface area (Å²) in [5.74, 6) is 2.54. The van der Waals surface area contributed by atoms with Gasteiger partial charge in [-0.25, -0.2) is 4.98 Å². The van der Waals surface area contributed by atoms with E-state index in [1.54, 1.807) is 6.92 Å². The van der Waals surface area contributed by atoms with E-state index in [0.29, 0.717) is 49.3 Å². The maximum absolute atomic E-state index is 11.6. The van der Waals surface area contributed by atoms with Crippen LogP contribution in [0.4, 0.5) is 11.8 Å². The van der Waals surface area contributed by atoms with Crippen molar-refractivity contribution in [1.82, 2.24) is 9.97 Å². The molecule has 3 aromatic rings. The molecule has 2 heterocycles. The first-order chi connectivity index (χ1) is 15.5. The molecule has 1 N–H and O–H groups in total. The fourth-order valence-corrected chi connectivity index (χ4v) is 3.60. The first kappa shape index (κ1) is 22.0. The van der Waals surface area contributed by atoms with Crippen LogP contribution in [0.25, 0.3) is 10.9 Å². The topological polar surface area (TPSA) is 85.8 Å². The molecule has 2 aromatic carbocycles. The molecule has 8 nitrogen and oxygen atoms in total. The molecule has 0 bridgehead atoms. The zero-order valence-corrected chi connectivity index (χ0v) is 18.8. The molecule has 168 valence electrons. The number of hydrogen-bond donors (Lipinski definition) is 1. The van der Waals surface area contributed by atoms with Gasteiger partial charge < -0.3 is 24.4 Å². The van der Waals surface area contributed by atoms with Crippen molar-refractivity contribution >= 4 is 40.2 Å². The van der Waals surface area contributed by atoms with Crippen molar-refractivity contribution in [1.29, 1.82) is 0 Å². The van der Waals surface area contributed by atoms with Crippen molar-refractivity contribution in [3.63, 3.8) is 0 Å². The van der Waals surface area contributed by atoms with Crippen molar-refractivity contribution in [2.24, 2.45) is 0 Å². The van der Waals surface area contributed by atoms with Crippen LogP contribution in [0, 0.1) is 0 Å². The van der Waals surface area contributed by atoms with Crippen LogP contribution in [0.15, 0.2) is 36.4 Å². The van der Waals surface area contributed by atoms with Crippen LogP contribution in [0.2, 0.25) is 5.02 Å². The Morgan fingerprint density at radius 3 is 2.88 bits per heavy atom. The summed E-state index contributed by atoms with van der Waals surface area (Å²) in [4.78, 5) is 22.9. The van der Waals surface area contributed by atoms with E-state index < -0.39 is 0 Å². The summed E-state index contributed by atoms with van der Waals surface area (Å²) >= 11 is 6.23. The van der Waals surface area contributed by atoms with Gasteiger partial charge in [-0.15, -0.1) is 0 Å². The molecular formula is C23H25ClN4O4. The lowest BCUT2D eigenvalue weighted by Crippen LogP contribution is -2.22. The number of anilines is 2. The van der Waals surface area contributed by atoms with Gasteiger partial charge in [-0.3, -0.25) is 4.79 Å². The summed E-state index contributed by atoms with van der Waals surface area (Å²) in [6.07, 6.45) is 1.01. The highest BCUT2D eigenvalue weighted by Gasteiger charge is 2.15. The average Bonchev–Trinajstić information content (AvgIpc) is 3.25. The monoisotopic (exact) mass is 456 g/mol. The summed E-state index contributed by atoms with van der Waals surface area (Å²) in [5, 5.41) is 4.85. The molecule has 9 heteroatoms. The summed E-state index contributed by atoms with van der Waals surface area (Å²) in [6.45, 7) is 3.61. The van der Waals surface area contributed by atoms with Gasteiger partial charge >= 0.3 is 5.97 Å². The number of nitrogens with one attached hydrogen (secondary N) is 1. The number of esters is 1. The molecule has 1 aliphatic rings. The largest absolute Gasteiger partial charge is 0.466 e. The molecule has 0 aliphatic carbocycles. The van der Waals surface area contributed by atoms with E-state index >= 15 is 0 Å². The minimum atomic E-state index is -0.193. The number of hydrogen-bond acceptors (Lipinski definition) is 8. The zero-order valence-electron chi connectivity index (χ0n) is 18.1. The highest BCUT2D eigenvalue weighted by Crippen LogP contribution is 2.33. The molecule has 4 rings (SSSR count). The van der Waals surface area contributed by atoms with Gasteiger partial charge in [0.1, 0.15) is 5.82 Å². The fourth-order valence-electron chi connectivity index (χ4n) is 3.42. The minimum absolute atomic E-state index is 0.193. The van der Waals surface area contributed by atoms with Crippen molar-refractivity contribution in [3.8, 4) is 11.5 Å². The van der Waals surface area contributed by atoms with Gasteiger partial charge in [-0.05, 0) is 49.2 Å². The average molecular weight is 457 g/mol. The number of nitrogens with zero attached hydrogens (tertiary/aromatic N) is 3. The van der Waals surface area contributed by atoms with E-state index in [4.69, 9.17) is 30.8 Å². The Morgan fingerprint density at radius 1 is 1.19 bits per heavy atom.